The van der Waals surface area contributed by atoms with Crippen molar-refractivity contribution < 1.29 is 45.3 Å². The van der Waals surface area contributed by atoms with E-state index in [9.17, 15) is 31.1 Å². The van der Waals surface area contributed by atoms with Crippen molar-refractivity contribution in [3.05, 3.63) is 36.4 Å². The molecular weight excluding hydrogens is 420 g/mol. The Morgan fingerprint density at radius 3 is 1.97 bits per heavy atom. The van der Waals surface area contributed by atoms with Gasteiger partial charge < -0.3 is 14.2 Å². The molecule has 0 bridgehead atoms. The molecule has 11 heteroatoms. The molecule has 1 saturated heterocycles. The van der Waals surface area contributed by atoms with Crippen LogP contribution in [0.5, 0.6) is 5.75 Å². The van der Waals surface area contributed by atoms with Crippen LogP contribution in [-0.2, 0) is 14.3 Å². The Morgan fingerprint density at radius 1 is 1.07 bits per heavy atom. The summed E-state index contributed by atoms with van der Waals surface area (Å²) in [6, 6.07) is 4.07. The highest BCUT2D eigenvalue weighted by molar-refractivity contribution is 6.07. The fourth-order valence-corrected chi connectivity index (χ4v) is 2.87. The van der Waals surface area contributed by atoms with Crippen LogP contribution in [0.3, 0.4) is 0 Å². The minimum absolute atomic E-state index is 0.120. The Bertz CT molecular complexity index is 781. The number of alkyl halides is 6. The van der Waals surface area contributed by atoms with Gasteiger partial charge in [0.05, 0.1) is 6.61 Å². The van der Waals surface area contributed by atoms with Crippen LogP contribution in [0.15, 0.2) is 36.4 Å². The lowest BCUT2D eigenvalue weighted by Gasteiger charge is -2.47. The molecule has 1 amide bonds. The number of amides is 1. The minimum Gasteiger partial charge on any atom is -0.464 e. The standard InChI is InChI=1S/C19H21F6NO4/c1-11-10-29-17(18(20,21)22,19(23,24)25)26(14(11)27)12-6-8-13(9-7-12)30-15(28-5)16(2,3)4/h6-9,15H,1,10H2,2-5H3. The van der Waals surface area contributed by atoms with Crippen molar-refractivity contribution in [1.82, 2.24) is 0 Å². The number of hydrogen-bond donors (Lipinski definition) is 0. The maximum Gasteiger partial charge on any atom is 0.447 e. The first kappa shape index (κ1) is 24.0. The number of carbonyl (C=O) groups excluding carboxylic acids is 1. The summed E-state index contributed by atoms with van der Waals surface area (Å²) in [4.78, 5) is 11.9. The molecule has 5 nitrogen and oxygen atoms in total. The molecule has 1 aromatic carbocycles. The number of rotatable bonds is 4. The molecule has 30 heavy (non-hydrogen) atoms. The van der Waals surface area contributed by atoms with E-state index in [4.69, 9.17) is 9.47 Å². The number of halogens is 6. The van der Waals surface area contributed by atoms with Gasteiger partial charge in [0, 0.05) is 23.8 Å². The second-order valence-corrected chi connectivity index (χ2v) is 7.72. The van der Waals surface area contributed by atoms with Gasteiger partial charge in [0.15, 0.2) is 0 Å². The van der Waals surface area contributed by atoms with Crippen LogP contribution in [0.1, 0.15) is 20.8 Å². The van der Waals surface area contributed by atoms with Crippen molar-refractivity contribution in [2.45, 2.75) is 45.1 Å². The van der Waals surface area contributed by atoms with Gasteiger partial charge in [-0.15, -0.1) is 0 Å². The number of anilines is 1. The van der Waals surface area contributed by atoms with Crippen LogP contribution in [0.25, 0.3) is 0 Å². The van der Waals surface area contributed by atoms with Crippen molar-refractivity contribution in [2.24, 2.45) is 5.41 Å². The number of methoxy groups -OCH3 is 1. The lowest BCUT2D eigenvalue weighted by atomic mass is 9.96. The molecule has 1 unspecified atom stereocenters. The van der Waals surface area contributed by atoms with E-state index in [0.717, 1.165) is 24.3 Å². The molecular formula is C19H21F6NO4. The zero-order chi connectivity index (χ0) is 23.1. The molecule has 1 heterocycles. The zero-order valence-corrected chi connectivity index (χ0v) is 16.6. The van der Waals surface area contributed by atoms with Crippen molar-refractivity contribution in [2.75, 3.05) is 18.6 Å². The number of carbonyl (C=O) groups is 1. The van der Waals surface area contributed by atoms with Crippen molar-refractivity contribution in [3.63, 3.8) is 0 Å². The van der Waals surface area contributed by atoms with Crippen LogP contribution in [0.2, 0.25) is 0 Å². The molecule has 0 radical (unpaired) electrons. The highest BCUT2D eigenvalue weighted by Crippen LogP contribution is 2.51. The Labute approximate surface area is 169 Å². The van der Waals surface area contributed by atoms with Gasteiger partial charge in [-0.2, -0.15) is 26.3 Å². The average Bonchev–Trinajstić information content (AvgIpc) is 2.59. The highest BCUT2D eigenvalue weighted by atomic mass is 19.4. The smallest absolute Gasteiger partial charge is 0.447 e. The molecule has 0 aromatic heterocycles. The van der Waals surface area contributed by atoms with E-state index >= 15 is 0 Å². The second kappa shape index (κ2) is 7.77. The summed E-state index contributed by atoms with van der Waals surface area (Å²) in [6.07, 6.45) is -12.7. The van der Waals surface area contributed by atoms with Gasteiger partial charge in [0.1, 0.15) is 5.75 Å². The van der Waals surface area contributed by atoms with Crippen molar-refractivity contribution in [1.29, 1.82) is 0 Å². The van der Waals surface area contributed by atoms with Crippen LogP contribution >= 0.6 is 0 Å². The van der Waals surface area contributed by atoms with Crippen LogP contribution < -0.4 is 9.64 Å². The van der Waals surface area contributed by atoms with E-state index in [1.807, 2.05) is 20.8 Å². The third-order valence-electron chi connectivity index (χ3n) is 4.30. The molecule has 168 valence electrons. The summed E-state index contributed by atoms with van der Waals surface area (Å²) >= 11 is 0. The maximum absolute atomic E-state index is 13.6. The quantitative estimate of drug-likeness (QED) is 0.382. The van der Waals surface area contributed by atoms with Gasteiger partial charge in [-0.05, 0) is 24.3 Å². The lowest BCUT2D eigenvalue weighted by Crippen LogP contribution is -2.73. The van der Waals surface area contributed by atoms with E-state index in [0.29, 0.717) is 0 Å². The third kappa shape index (κ3) is 4.13. The van der Waals surface area contributed by atoms with Crippen LogP contribution in [0.4, 0.5) is 32.0 Å². The molecule has 1 aromatic rings. The molecule has 0 saturated carbocycles. The Hall–Kier alpha value is -2.27. The van der Waals surface area contributed by atoms with Gasteiger partial charge in [-0.1, -0.05) is 27.4 Å². The molecule has 1 aliphatic heterocycles. The summed E-state index contributed by atoms with van der Waals surface area (Å²) in [6.45, 7) is 7.43. The number of hydrogen-bond acceptors (Lipinski definition) is 4. The SMILES string of the molecule is C=C1COC(C(F)(F)F)(C(F)(F)F)N(c2ccc(OC(OC)C(C)(C)C)cc2)C1=O. The van der Waals surface area contributed by atoms with Crippen LogP contribution in [0, 0.1) is 5.41 Å². The summed E-state index contributed by atoms with van der Waals surface area (Å²) in [7, 11) is 1.39. The van der Waals surface area contributed by atoms with E-state index in [1.54, 1.807) is 0 Å². The summed E-state index contributed by atoms with van der Waals surface area (Å²) < 4.78 is 96.9. The summed E-state index contributed by atoms with van der Waals surface area (Å²) in [5.74, 6) is -1.43. The van der Waals surface area contributed by atoms with Crippen molar-refractivity contribution in [3.8, 4) is 5.75 Å². The first-order chi connectivity index (χ1) is 13.6. The predicted molar refractivity (Wildman–Crippen MR) is 94.7 cm³/mol. The number of nitrogens with zero attached hydrogens (tertiary/aromatic N) is 1. The lowest BCUT2D eigenvalue weighted by molar-refractivity contribution is -0.379. The molecule has 0 N–H and O–H groups in total. The third-order valence-corrected chi connectivity index (χ3v) is 4.30. The maximum atomic E-state index is 13.6. The van der Waals surface area contributed by atoms with Gasteiger partial charge in [0.25, 0.3) is 5.91 Å². The topological polar surface area (TPSA) is 48.0 Å². The first-order valence-electron chi connectivity index (χ1n) is 8.65. The van der Waals surface area contributed by atoms with E-state index in [-0.39, 0.29) is 5.75 Å². The molecule has 1 atom stereocenters. The predicted octanol–water partition coefficient (Wildman–Crippen LogP) is 4.82. The van der Waals surface area contributed by atoms with E-state index in [2.05, 4.69) is 11.3 Å². The largest absolute Gasteiger partial charge is 0.464 e. The molecule has 0 spiro atoms. The van der Waals surface area contributed by atoms with Crippen molar-refractivity contribution >= 4 is 11.6 Å². The van der Waals surface area contributed by atoms with Crippen LogP contribution in [-0.4, -0.2) is 44.0 Å². The van der Waals surface area contributed by atoms with Gasteiger partial charge in [0.2, 0.25) is 6.29 Å². The highest BCUT2D eigenvalue weighted by Gasteiger charge is 2.78. The van der Waals surface area contributed by atoms with E-state index < -0.39 is 58.5 Å². The van der Waals surface area contributed by atoms with Gasteiger partial charge >= 0.3 is 18.1 Å². The normalized spacial score (nSPS) is 19.1. The average molecular weight is 441 g/mol. The minimum atomic E-state index is -5.97. The Kier molecular flexibility index (Phi) is 6.22. The summed E-state index contributed by atoms with van der Waals surface area (Å²) in [5.41, 5.74) is -6.55. The fraction of sp³-hybridized carbons (Fsp3) is 0.526. The number of benzene rings is 1. The number of ether oxygens (including phenoxy) is 3. The Balaban J connectivity index is 2.52. The van der Waals surface area contributed by atoms with Gasteiger partial charge in [-0.3, -0.25) is 9.69 Å². The first-order valence-corrected chi connectivity index (χ1v) is 8.65. The zero-order valence-electron chi connectivity index (χ0n) is 16.6. The second-order valence-electron chi connectivity index (χ2n) is 7.72. The summed E-state index contributed by atoms with van der Waals surface area (Å²) in [5, 5.41) is 0. The monoisotopic (exact) mass is 441 g/mol. The van der Waals surface area contributed by atoms with E-state index in [1.165, 1.54) is 7.11 Å². The molecule has 1 aliphatic rings. The molecule has 1 fully saturated rings. The molecule has 2 rings (SSSR count). The Morgan fingerprint density at radius 2 is 1.57 bits per heavy atom. The van der Waals surface area contributed by atoms with Gasteiger partial charge in [-0.25, -0.2) is 0 Å². The fourth-order valence-electron chi connectivity index (χ4n) is 2.87. The molecule has 0 aliphatic carbocycles.